The molecule has 2 aliphatic heterocycles. The standard InChI is InChI=1S/C28H29NO5/c1-30-23-9-4-19(5-10-23)16-29-13-12-22-15-27-26(33-18-34-27)14-21(22)7-6-20-8-11-25(31-2)28(32-3)24(20)17-29/h4-11,14-15H,12-13,16-18H2,1-3H3/b7-6+. The monoisotopic (exact) mass is 459 g/mol. The predicted octanol–water partition coefficient (Wildman–Crippen LogP) is 5.17. The van der Waals surface area contributed by atoms with Crippen molar-refractivity contribution in [1.29, 1.82) is 0 Å². The Morgan fingerprint density at radius 2 is 1.59 bits per heavy atom. The van der Waals surface area contributed by atoms with Crippen LogP contribution >= 0.6 is 0 Å². The van der Waals surface area contributed by atoms with Crippen LogP contribution in [0.15, 0.2) is 48.5 Å². The molecule has 34 heavy (non-hydrogen) atoms. The van der Waals surface area contributed by atoms with Crippen molar-refractivity contribution < 1.29 is 23.7 Å². The number of hydrogen-bond donors (Lipinski definition) is 0. The van der Waals surface area contributed by atoms with Crippen molar-refractivity contribution >= 4 is 12.2 Å². The zero-order chi connectivity index (χ0) is 23.5. The zero-order valence-corrected chi connectivity index (χ0v) is 19.8. The summed E-state index contributed by atoms with van der Waals surface area (Å²) in [5.74, 6) is 3.98. The van der Waals surface area contributed by atoms with Crippen molar-refractivity contribution in [1.82, 2.24) is 4.90 Å². The van der Waals surface area contributed by atoms with Gasteiger partial charge in [0, 0.05) is 25.2 Å². The molecule has 6 heteroatoms. The van der Waals surface area contributed by atoms with Gasteiger partial charge in [0.2, 0.25) is 6.79 Å². The second kappa shape index (κ2) is 9.69. The minimum atomic E-state index is 0.269. The lowest BCUT2D eigenvalue weighted by Crippen LogP contribution is -2.26. The summed E-state index contributed by atoms with van der Waals surface area (Å²) in [5.41, 5.74) is 5.81. The van der Waals surface area contributed by atoms with Gasteiger partial charge in [-0.2, -0.15) is 0 Å². The molecule has 0 saturated carbocycles. The minimum absolute atomic E-state index is 0.269. The number of methoxy groups -OCH3 is 3. The Kier molecular flexibility index (Phi) is 6.32. The van der Waals surface area contributed by atoms with Gasteiger partial charge in [-0.3, -0.25) is 4.90 Å². The molecule has 176 valence electrons. The first-order valence-corrected chi connectivity index (χ1v) is 11.4. The van der Waals surface area contributed by atoms with Crippen LogP contribution in [-0.4, -0.2) is 39.6 Å². The molecule has 3 aromatic rings. The lowest BCUT2D eigenvalue weighted by Gasteiger charge is -2.26. The van der Waals surface area contributed by atoms with Gasteiger partial charge in [-0.25, -0.2) is 0 Å². The maximum absolute atomic E-state index is 5.82. The summed E-state index contributed by atoms with van der Waals surface area (Å²) in [6.07, 6.45) is 5.18. The fourth-order valence-corrected chi connectivity index (χ4v) is 4.58. The van der Waals surface area contributed by atoms with E-state index in [9.17, 15) is 0 Å². The summed E-state index contributed by atoms with van der Waals surface area (Å²) < 4.78 is 28.0. The Balaban J connectivity index is 1.57. The van der Waals surface area contributed by atoms with Crippen molar-refractivity contribution in [3.05, 3.63) is 76.3 Å². The molecule has 0 aromatic heterocycles. The molecule has 6 nitrogen and oxygen atoms in total. The van der Waals surface area contributed by atoms with Gasteiger partial charge < -0.3 is 23.7 Å². The predicted molar refractivity (Wildman–Crippen MR) is 132 cm³/mol. The highest BCUT2D eigenvalue weighted by Gasteiger charge is 2.21. The van der Waals surface area contributed by atoms with E-state index in [2.05, 4.69) is 47.4 Å². The summed E-state index contributed by atoms with van der Waals surface area (Å²) in [5, 5.41) is 0. The van der Waals surface area contributed by atoms with Gasteiger partial charge >= 0.3 is 0 Å². The molecule has 2 aliphatic rings. The SMILES string of the molecule is COc1ccc(CN2CCc3cc4c(cc3/C=C/c3ccc(OC)c(OC)c3C2)OCO4)cc1. The van der Waals surface area contributed by atoms with E-state index in [0.717, 1.165) is 71.5 Å². The molecule has 0 radical (unpaired) electrons. The minimum Gasteiger partial charge on any atom is -0.497 e. The van der Waals surface area contributed by atoms with Crippen molar-refractivity contribution in [2.75, 3.05) is 34.7 Å². The summed E-state index contributed by atoms with van der Waals surface area (Å²) in [6, 6.07) is 16.5. The highest BCUT2D eigenvalue weighted by atomic mass is 16.7. The Hall–Kier alpha value is -3.64. The van der Waals surface area contributed by atoms with Crippen molar-refractivity contribution in [2.45, 2.75) is 19.5 Å². The number of rotatable bonds is 5. The van der Waals surface area contributed by atoms with Crippen LogP contribution in [0, 0.1) is 0 Å². The van der Waals surface area contributed by atoms with Crippen molar-refractivity contribution in [2.24, 2.45) is 0 Å². The van der Waals surface area contributed by atoms with E-state index in [0.29, 0.717) is 0 Å². The van der Waals surface area contributed by atoms with Crippen LogP contribution < -0.4 is 23.7 Å². The van der Waals surface area contributed by atoms with Gasteiger partial charge in [0.1, 0.15) is 5.75 Å². The van der Waals surface area contributed by atoms with E-state index in [4.69, 9.17) is 23.7 Å². The van der Waals surface area contributed by atoms with E-state index in [1.165, 1.54) is 11.1 Å². The Morgan fingerprint density at radius 1 is 0.824 bits per heavy atom. The molecule has 3 aromatic carbocycles. The first-order valence-electron chi connectivity index (χ1n) is 11.4. The highest BCUT2D eigenvalue weighted by Crippen LogP contribution is 2.38. The van der Waals surface area contributed by atoms with Crippen LogP contribution in [0.25, 0.3) is 12.2 Å². The smallest absolute Gasteiger partial charge is 0.231 e. The third-order valence-electron chi connectivity index (χ3n) is 6.41. The van der Waals surface area contributed by atoms with E-state index in [1.807, 2.05) is 18.2 Å². The molecule has 0 amide bonds. The van der Waals surface area contributed by atoms with Gasteiger partial charge in [-0.05, 0) is 59.0 Å². The Morgan fingerprint density at radius 3 is 2.32 bits per heavy atom. The average molecular weight is 460 g/mol. The molecule has 0 aliphatic carbocycles. The molecule has 0 fully saturated rings. The molecule has 5 rings (SSSR count). The fourth-order valence-electron chi connectivity index (χ4n) is 4.58. The highest BCUT2D eigenvalue weighted by molar-refractivity contribution is 5.76. The molecule has 0 spiro atoms. The van der Waals surface area contributed by atoms with Crippen LogP contribution in [0.3, 0.4) is 0 Å². The topological polar surface area (TPSA) is 49.4 Å². The largest absolute Gasteiger partial charge is 0.497 e. The normalized spacial score (nSPS) is 15.7. The maximum Gasteiger partial charge on any atom is 0.231 e. The zero-order valence-electron chi connectivity index (χ0n) is 19.8. The van der Waals surface area contributed by atoms with Crippen LogP contribution in [0.1, 0.15) is 27.8 Å². The number of ether oxygens (including phenoxy) is 5. The first-order chi connectivity index (χ1) is 16.7. The van der Waals surface area contributed by atoms with Crippen molar-refractivity contribution in [3.8, 4) is 28.7 Å². The number of nitrogens with zero attached hydrogens (tertiary/aromatic N) is 1. The number of fused-ring (bicyclic) bond motifs is 3. The Bertz CT molecular complexity index is 1200. The fraction of sp³-hybridized carbons (Fsp3) is 0.286. The Labute approximate surface area is 200 Å². The number of benzene rings is 3. The van der Waals surface area contributed by atoms with Gasteiger partial charge in [0.25, 0.3) is 0 Å². The van der Waals surface area contributed by atoms with E-state index >= 15 is 0 Å². The lowest BCUT2D eigenvalue weighted by atomic mass is 9.97. The first kappa shape index (κ1) is 22.2. The summed E-state index contributed by atoms with van der Waals surface area (Å²) in [7, 11) is 5.06. The summed E-state index contributed by atoms with van der Waals surface area (Å²) >= 11 is 0. The van der Waals surface area contributed by atoms with Gasteiger partial charge in [0.05, 0.1) is 21.3 Å². The van der Waals surface area contributed by atoms with E-state index < -0.39 is 0 Å². The molecular weight excluding hydrogens is 430 g/mol. The maximum atomic E-state index is 5.82. The summed E-state index contributed by atoms with van der Waals surface area (Å²) in [4.78, 5) is 2.44. The van der Waals surface area contributed by atoms with E-state index in [-0.39, 0.29) is 6.79 Å². The molecular formula is C28H29NO5. The van der Waals surface area contributed by atoms with Gasteiger partial charge in [0.15, 0.2) is 23.0 Å². The molecule has 0 bridgehead atoms. The average Bonchev–Trinajstić information content (AvgIpc) is 3.33. The molecule has 0 atom stereocenters. The molecule has 2 heterocycles. The summed E-state index contributed by atoms with van der Waals surface area (Å²) in [6.45, 7) is 2.66. The van der Waals surface area contributed by atoms with Gasteiger partial charge in [-0.15, -0.1) is 0 Å². The van der Waals surface area contributed by atoms with Crippen LogP contribution in [0.5, 0.6) is 28.7 Å². The molecule has 0 unspecified atom stereocenters. The van der Waals surface area contributed by atoms with Crippen LogP contribution in [-0.2, 0) is 19.5 Å². The second-order valence-electron chi connectivity index (χ2n) is 8.42. The lowest BCUT2D eigenvalue weighted by molar-refractivity contribution is 0.174. The van der Waals surface area contributed by atoms with Crippen LogP contribution in [0.2, 0.25) is 0 Å². The van der Waals surface area contributed by atoms with E-state index in [1.54, 1.807) is 21.3 Å². The van der Waals surface area contributed by atoms with Crippen molar-refractivity contribution in [3.63, 3.8) is 0 Å². The third kappa shape index (κ3) is 4.41. The third-order valence-corrected chi connectivity index (χ3v) is 6.41. The van der Waals surface area contributed by atoms with Gasteiger partial charge in [-0.1, -0.05) is 30.4 Å². The molecule has 0 N–H and O–H groups in total. The quantitative estimate of drug-likeness (QED) is 0.525. The second-order valence-corrected chi connectivity index (χ2v) is 8.42. The number of hydrogen-bond acceptors (Lipinski definition) is 6. The molecule has 0 saturated heterocycles. The van der Waals surface area contributed by atoms with Crippen LogP contribution in [0.4, 0.5) is 0 Å².